The smallest absolute Gasteiger partial charge is 0.735 e. The molecule has 1 rings (SSSR count). The summed E-state index contributed by atoms with van der Waals surface area (Å²) >= 11 is 0. The molecule has 1 heterocycles. The Balaban J connectivity index is -0.00000192. The third kappa shape index (κ3) is 15.0. The fourth-order valence-corrected chi connectivity index (χ4v) is 3.34. The standard InChI is InChI=1S/C7H15NO13S3.3Na/c1-18-7-6(8-22(9,10)11)5(21-24(15,16)17)2-4(20-7)3-19-23(12,13)14;;;/h4-8H,2-3H2,1H3,(H,9,10,11)(H,12,13,14)(H,15,16,17);;;/q;3*+1/p-3. The van der Waals surface area contributed by atoms with Gasteiger partial charge in [0.1, 0.15) is 0 Å². The van der Waals surface area contributed by atoms with Gasteiger partial charge in [-0.15, -0.1) is 0 Å². The van der Waals surface area contributed by atoms with E-state index in [-0.39, 0.29) is 88.7 Å². The number of nitrogens with one attached hydrogen (secondary N) is 1. The quantitative estimate of drug-likeness (QED) is 0.193. The summed E-state index contributed by atoms with van der Waals surface area (Å²) in [4.78, 5) is 0. The van der Waals surface area contributed by atoms with Crippen molar-refractivity contribution in [1.82, 2.24) is 4.72 Å². The van der Waals surface area contributed by atoms with Gasteiger partial charge in [0.15, 0.2) is 16.6 Å². The van der Waals surface area contributed by atoms with Crippen LogP contribution in [0.4, 0.5) is 0 Å². The van der Waals surface area contributed by atoms with Gasteiger partial charge in [-0.1, -0.05) is 0 Å². The zero-order chi connectivity index (χ0) is 18.8. The Morgan fingerprint density at radius 2 is 1.52 bits per heavy atom. The van der Waals surface area contributed by atoms with Crippen molar-refractivity contribution in [3.8, 4) is 0 Å². The molecular weight excluding hydrogens is 471 g/mol. The average Bonchev–Trinajstić information content (AvgIpc) is 2.34. The maximum Gasteiger partial charge on any atom is 1.00 e. The van der Waals surface area contributed by atoms with E-state index >= 15 is 0 Å². The van der Waals surface area contributed by atoms with Crippen molar-refractivity contribution in [3.05, 3.63) is 0 Å². The van der Waals surface area contributed by atoms with Gasteiger partial charge in [-0.05, 0) is 0 Å². The van der Waals surface area contributed by atoms with Gasteiger partial charge in [0.05, 0.1) is 24.9 Å². The largest absolute Gasteiger partial charge is 1.00 e. The van der Waals surface area contributed by atoms with E-state index in [1.807, 2.05) is 0 Å². The molecule has 4 unspecified atom stereocenters. The van der Waals surface area contributed by atoms with E-state index in [2.05, 4.69) is 8.37 Å². The molecule has 144 valence electrons. The molecule has 0 aromatic carbocycles. The molecule has 1 fully saturated rings. The van der Waals surface area contributed by atoms with Gasteiger partial charge in [0, 0.05) is 13.5 Å². The summed E-state index contributed by atoms with van der Waals surface area (Å²) in [5, 5.41) is 0. The summed E-state index contributed by atoms with van der Waals surface area (Å²) in [6.07, 6.45) is -5.35. The van der Waals surface area contributed by atoms with Crippen LogP contribution in [-0.2, 0) is 48.9 Å². The van der Waals surface area contributed by atoms with Crippen molar-refractivity contribution in [2.75, 3.05) is 13.7 Å². The number of methoxy groups -OCH3 is 1. The summed E-state index contributed by atoms with van der Waals surface area (Å²) in [7, 11) is -14.6. The van der Waals surface area contributed by atoms with Crippen LogP contribution >= 0.6 is 0 Å². The molecule has 0 amide bonds. The maximum absolute atomic E-state index is 10.8. The number of hydrogen-bond donors (Lipinski definition) is 1. The molecule has 27 heavy (non-hydrogen) atoms. The first-order chi connectivity index (χ1) is 10.7. The van der Waals surface area contributed by atoms with Gasteiger partial charge < -0.3 is 23.1 Å². The molecule has 0 spiro atoms. The fourth-order valence-electron chi connectivity index (χ4n) is 1.93. The number of hydrogen-bond acceptors (Lipinski definition) is 13. The summed E-state index contributed by atoms with van der Waals surface area (Å²) < 4.78 is 115. The molecule has 0 radical (unpaired) electrons. The van der Waals surface area contributed by atoms with Crippen molar-refractivity contribution in [1.29, 1.82) is 0 Å². The topological polar surface area (TPSA) is 221 Å². The fraction of sp³-hybridized carbons (Fsp3) is 1.00. The van der Waals surface area contributed by atoms with Crippen LogP contribution in [0.5, 0.6) is 0 Å². The van der Waals surface area contributed by atoms with E-state index in [0.29, 0.717) is 0 Å². The molecule has 20 heteroatoms. The third-order valence-corrected chi connectivity index (χ3v) is 4.14. The van der Waals surface area contributed by atoms with Crippen molar-refractivity contribution in [2.24, 2.45) is 0 Å². The normalized spacial score (nSPS) is 26.2. The van der Waals surface area contributed by atoms with Crippen LogP contribution in [0.3, 0.4) is 0 Å². The SMILES string of the molecule is COC1OC(COS(=O)(=O)[O-])CC(OS(=O)(=O)[O-])C1NS(=O)(=O)[O-].[Na+].[Na+].[Na+]. The molecule has 0 saturated carbocycles. The third-order valence-electron chi connectivity index (χ3n) is 2.67. The Kier molecular flexibility index (Phi) is 17.5. The zero-order valence-electron chi connectivity index (χ0n) is 14.8. The molecule has 1 saturated heterocycles. The van der Waals surface area contributed by atoms with Crippen LogP contribution in [0, 0.1) is 0 Å². The van der Waals surface area contributed by atoms with Gasteiger partial charge in [-0.25, -0.2) is 30.0 Å². The molecule has 0 aromatic rings. The second-order valence-electron chi connectivity index (χ2n) is 4.43. The van der Waals surface area contributed by atoms with Crippen molar-refractivity contribution in [2.45, 2.75) is 31.0 Å². The van der Waals surface area contributed by atoms with Crippen LogP contribution in [0.1, 0.15) is 6.42 Å². The van der Waals surface area contributed by atoms with Crippen LogP contribution in [-0.4, -0.2) is 77.2 Å². The van der Waals surface area contributed by atoms with Gasteiger partial charge in [-0.3, -0.25) is 8.37 Å². The van der Waals surface area contributed by atoms with E-state index in [1.165, 1.54) is 4.72 Å². The number of ether oxygens (including phenoxy) is 2. The maximum atomic E-state index is 10.8. The molecule has 14 nitrogen and oxygen atoms in total. The Hall–Kier alpha value is 2.53. The number of rotatable bonds is 8. The van der Waals surface area contributed by atoms with Crippen LogP contribution in [0.25, 0.3) is 0 Å². The van der Waals surface area contributed by atoms with Gasteiger partial charge >= 0.3 is 88.7 Å². The van der Waals surface area contributed by atoms with Gasteiger partial charge in [-0.2, -0.15) is 0 Å². The van der Waals surface area contributed by atoms with E-state index in [0.717, 1.165) is 7.11 Å². The van der Waals surface area contributed by atoms with E-state index in [4.69, 9.17) is 9.47 Å². The van der Waals surface area contributed by atoms with Crippen molar-refractivity contribution >= 4 is 31.1 Å². The van der Waals surface area contributed by atoms with E-state index < -0.39 is 68.7 Å². The molecule has 0 aromatic heterocycles. The monoisotopic (exact) mass is 483 g/mol. The van der Waals surface area contributed by atoms with Crippen molar-refractivity contribution < 1.29 is 145 Å². The molecule has 0 aliphatic carbocycles. The summed E-state index contributed by atoms with van der Waals surface area (Å²) in [6, 6.07) is -1.73. The Morgan fingerprint density at radius 1 is 1.00 bits per heavy atom. The molecule has 1 aliphatic rings. The summed E-state index contributed by atoms with van der Waals surface area (Å²) in [6.45, 7) is -0.888. The summed E-state index contributed by atoms with van der Waals surface area (Å²) in [5.74, 6) is 0. The molecule has 0 bridgehead atoms. The molecule has 1 N–H and O–H groups in total. The second-order valence-corrected chi connectivity index (χ2v) is 7.64. The van der Waals surface area contributed by atoms with E-state index in [1.54, 1.807) is 0 Å². The van der Waals surface area contributed by atoms with Gasteiger partial charge in [0.25, 0.3) is 0 Å². The molecular formula is C7H12NNa3O13S3. The first kappa shape index (κ1) is 34.2. The van der Waals surface area contributed by atoms with Crippen LogP contribution in [0.15, 0.2) is 0 Å². The minimum atomic E-state index is -5.33. The van der Waals surface area contributed by atoms with Gasteiger partial charge in [0.2, 0.25) is 20.8 Å². The first-order valence-corrected chi connectivity index (χ1v) is 9.93. The molecule has 4 atom stereocenters. The van der Waals surface area contributed by atoms with Crippen LogP contribution in [0.2, 0.25) is 0 Å². The predicted molar refractivity (Wildman–Crippen MR) is 67.1 cm³/mol. The Bertz CT molecular complexity index is 741. The minimum Gasteiger partial charge on any atom is -0.735 e. The Labute approximate surface area is 223 Å². The predicted octanol–water partition coefficient (Wildman–Crippen LogP) is -12.5. The second kappa shape index (κ2) is 13.8. The minimum absolute atomic E-state index is 0. The summed E-state index contributed by atoms with van der Waals surface area (Å²) in [5.41, 5.74) is 0. The Morgan fingerprint density at radius 3 is 1.89 bits per heavy atom. The zero-order valence-corrected chi connectivity index (χ0v) is 23.2. The average molecular weight is 483 g/mol. The van der Waals surface area contributed by atoms with E-state index in [9.17, 15) is 38.9 Å². The molecule has 1 aliphatic heterocycles. The van der Waals surface area contributed by atoms with Crippen LogP contribution < -0.4 is 93.4 Å². The van der Waals surface area contributed by atoms with Crippen molar-refractivity contribution in [3.63, 3.8) is 0 Å². The first-order valence-electron chi connectivity index (χ1n) is 5.86.